The summed E-state index contributed by atoms with van der Waals surface area (Å²) in [6.07, 6.45) is 1.14. The minimum atomic E-state index is -0.883. The molecule has 0 N–H and O–H groups in total. The summed E-state index contributed by atoms with van der Waals surface area (Å²) < 4.78 is 17.8. The number of hydrogen-bond donors (Lipinski definition) is 0. The quantitative estimate of drug-likeness (QED) is 0.444. The number of methoxy groups -OCH3 is 1. The molecule has 84 valence electrons. The monoisotopic (exact) mass is 223 g/mol. The second-order valence-electron chi connectivity index (χ2n) is 3.04. The second-order valence-corrected chi connectivity index (χ2v) is 3.04. The molecule has 1 rings (SSSR count). The molecule has 1 aromatic carbocycles. The van der Waals surface area contributed by atoms with E-state index in [1.165, 1.54) is 31.4 Å². The number of esters is 1. The summed E-state index contributed by atoms with van der Waals surface area (Å²) in [5.74, 6) is -1.08. The van der Waals surface area contributed by atoms with Crippen molar-refractivity contribution in [1.82, 2.24) is 0 Å². The molecule has 0 radical (unpaired) electrons. The van der Waals surface area contributed by atoms with E-state index in [2.05, 4.69) is 9.73 Å². The van der Waals surface area contributed by atoms with Crippen molar-refractivity contribution in [2.24, 2.45) is 4.99 Å². The maximum atomic E-state index is 13.4. The Balaban J connectivity index is 2.98. The maximum Gasteiger partial charge on any atom is 0.308 e. The second kappa shape index (κ2) is 5.78. The third-order valence-corrected chi connectivity index (χ3v) is 2.06. The molecule has 0 aliphatic heterocycles. The molecule has 0 saturated carbocycles. The molecule has 0 bridgehead atoms. The van der Waals surface area contributed by atoms with Crippen molar-refractivity contribution < 1.29 is 18.7 Å². The van der Waals surface area contributed by atoms with Crippen LogP contribution in [0.5, 0.6) is 0 Å². The number of nitrogens with zero attached hydrogens (tertiary/aromatic N) is 1. The Morgan fingerprint density at radius 1 is 1.56 bits per heavy atom. The summed E-state index contributed by atoms with van der Waals surface area (Å²) in [7, 11) is 1.21. The minimum Gasteiger partial charge on any atom is -0.469 e. The van der Waals surface area contributed by atoms with Gasteiger partial charge in [-0.3, -0.25) is 4.79 Å². The van der Waals surface area contributed by atoms with Crippen molar-refractivity contribution in [1.29, 1.82) is 0 Å². The molecule has 0 aromatic heterocycles. The first kappa shape index (κ1) is 12.1. The van der Waals surface area contributed by atoms with Gasteiger partial charge in [-0.2, -0.15) is 4.99 Å². The zero-order valence-electron chi connectivity index (χ0n) is 8.64. The van der Waals surface area contributed by atoms with E-state index in [4.69, 9.17) is 0 Å². The van der Waals surface area contributed by atoms with Gasteiger partial charge in [-0.05, 0) is 6.07 Å². The number of carbonyl (C=O) groups is 1. The highest BCUT2D eigenvalue weighted by molar-refractivity contribution is 5.70. The Kier molecular flexibility index (Phi) is 4.36. The molecule has 0 saturated heterocycles. The van der Waals surface area contributed by atoms with Gasteiger partial charge in [-0.15, -0.1) is 0 Å². The van der Waals surface area contributed by atoms with Crippen LogP contribution in [0.2, 0.25) is 0 Å². The van der Waals surface area contributed by atoms with Gasteiger partial charge >= 0.3 is 5.97 Å². The molecule has 0 spiro atoms. The fraction of sp³-hybridized carbons (Fsp3) is 0.273. The summed E-state index contributed by atoms with van der Waals surface area (Å²) >= 11 is 0. The highest BCUT2D eigenvalue weighted by atomic mass is 19.1. The average molecular weight is 223 g/mol. The number of carbonyl (C=O) groups excluding carboxylic acids is 2. The van der Waals surface area contributed by atoms with Crippen LogP contribution < -0.4 is 0 Å². The minimum absolute atomic E-state index is 0.177. The van der Waals surface area contributed by atoms with Crippen molar-refractivity contribution in [3.8, 4) is 0 Å². The van der Waals surface area contributed by atoms with Gasteiger partial charge in [0.1, 0.15) is 11.9 Å². The number of hydrogen-bond acceptors (Lipinski definition) is 4. The Bertz CT molecular complexity index is 427. The molecule has 0 amide bonds. The highest BCUT2D eigenvalue weighted by Crippen LogP contribution is 2.23. The van der Waals surface area contributed by atoms with Crippen LogP contribution in [0.3, 0.4) is 0 Å². The van der Waals surface area contributed by atoms with Crippen LogP contribution in [0, 0.1) is 5.82 Å². The van der Waals surface area contributed by atoms with Crippen LogP contribution in [0.1, 0.15) is 18.0 Å². The van der Waals surface area contributed by atoms with Crippen LogP contribution in [0.15, 0.2) is 29.3 Å². The summed E-state index contributed by atoms with van der Waals surface area (Å²) in [4.78, 5) is 24.6. The number of isocyanates is 1. The van der Waals surface area contributed by atoms with Crippen molar-refractivity contribution in [3.05, 3.63) is 35.6 Å². The predicted octanol–water partition coefficient (Wildman–Crippen LogP) is 1.77. The Morgan fingerprint density at radius 2 is 2.25 bits per heavy atom. The molecule has 0 aliphatic rings. The standard InChI is InChI=1S/C11H10FNO3/c1-16-11(15)6-10(13-7-14)8-4-2-3-5-9(8)12/h2-5,10H,6H2,1H3/t10-/m1/s1. The molecule has 16 heavy (non-hydrogen) atoms. The van der Waals surface area contributed by atoms with E-state index in [0.29, 0.717) is 0 Å². The molecular weight excluding hydrogens is 213 g/mol. The third-order valence-electron chi connectivity index (χ3n) is 2.06. The van der Waals surface area contributed by atoms with Crippen LogP contribution in [0.25, 0.3) is 0 Å². The summed E-state index contributed by atoms with van der Waals surface area (Å²) in [5.41, 5.74) is 0.177. The first-order valence-corrected chi connectivity index (χ1v) is 4.57. The molecule has 0 unspecified atom stereocenters. The van der Waals surface area contributed by atoms with Gasteiger partial charge in [-0.1, -0.05) is 18.2 Å². The number of aliphatic imine (C=N–C) groups is 1. The number of benzene rings is 1. The Morgan fingerprint density at radius 3 is 2.81 bits per heavy atom. The lowest BCUT2D eigenvalue weighted by atomic mass is 10.0. The van der Waals surface area contributed by atoms with Crippen molar-refractivity contribution >= 4 is 12.0 Å². The van der Waals surface area contributed by atoms with E-state index in [9.17, 15) is 14.0 Å². The maximum absolute atomic E-state index is 13.4. The molecule has 1 atom stereocenters. The zero-order chi connectivity index (χ0) is 12.0. The normalized spacial score (nSPS) is 11.4. The molecule has 1 aromatic rings. The van der Waals surface area contributed by atoms with Gasteiger partial charge in [0, 0.05) is 5.56 Å². The van der Waals surface area contributed by atoms with Gasteiger partial charge in [0.15, 0.2) is 0 Å². The molecule has 0 heterocycles. The van der Waals surface area contributed by atoms with Crippen LogP contribution >= 0.6 is 0 Å². The number of ether oxygens (including phenoxy) is 1. The lowest BCUT2D eigenvalue weighted by molar-refractivity contribution is -0.141. The van der Waals surface area contributed by atoms with E-state index < -0.39 is 17.8 Å². The van der Waals surface area contributed by atoms with Gasteiger partial charge < -0.3 is 4.74 Å². The third kappa shape index (κ3) is 3.00. The average Bonchev–Trinajstić information content (AvgIpc) is 2.29. The van der Waals surface area contributed by atoms with Crippen molar-refractivity contribution in [2.75, 3.05) is 7.11 Å². The fourth-order valence-corrected chi connectivity index (χ4v) is 1.28. The number of rotatable bonds is 4. The smallest absolute Gasteiger partial charge is 0.308 e. The molecule has 0 aliphatic carbocycles. The predicted molar refractivity (Wildman–Crippen MR) is 53.9 cm³/mol. The lowest BCUT2D eigenvalue weighted by Crippen LogP contribution is -2.08. The van der Waals surface area contributed by atoms with Gasteiger partial charge in [-0.25, -0.2) is 9.18 Å². The van der Waals surface area contributed by atoms with E-state index in [1.807, 2.05) is 0 Å². The van der Waals surface area contributed by atoms with Crippen LogP contribution in [0.4, 0.5) is 4.39 Å². The first-order chi connectivity index (χ1) is 7.69. The van der Waals surface area contributed by atoms with Gasteiger partial charge in [0.2, 0.25) is 6.08 Å². The van der Waals surface area contributed by atoms with E-state index in [1.54, 1.807) is 6.07 Å². The Labute approximate surface area is 91.8 Å². The highest BCUT2D eigenvalue weighted by Gasteiger charge is 2.18. The largest absolute Gasteiger partial charge is 0.469 e. The molecular formula is C11H10FNO3. The van der Waals surface area contributed by atoms with Gasteiger partial charge in [0.05, 0.1) is 13.5 Å². The first-order valence-electron chi connectivity index (χ1n) is 4.57. The van der Waals surface area contributed by atoms with E-state index in [-0.39, 0.29) is 12.0 Å². The Hall–Kier alpha value is -2.00. The van der Waals surface area contributed by atoms with E-state index in [0.717, 1.165) is 0 Å². The lowest BCUT2D eigenvalue weighted by Gasteiger charge is -2.10. The summed E-state index contributed by atoms with van der Waals surface area (Å²) in [6, 6.07) is 4.93. The summed E-state index contributed by atoms with van der Waals surface area (Å²) in [6.45, 7) is 0. The molecule has 5 heteroatoms. The molecule has 4 nitrogen and oxygen atoms in total. The topological polar surface area (TPSA) is 55.7 Å². The van der Waals surface area contributed by atoms with Gasteiger partial charge in [0.25, 0.3) is 0 Å². The molecule has 0 fully saturated rings. The van der Waals surface area contributed by atoms with Crippen molar-refractivity contribution in [2.45, 2.75) is 12.5 Å². The number of halogens is 1. The zero-order valence-corrected chi connectivity index (χ0v) is 8.64. The SMILES string of the molecule is COC(=O)C[C@@H](N=C=O)c1ccccc1F. The van der Waals surface area contributed by atoms with Crippen LogP contribution in [-0.2, 0) is 14.3 Å². The fourth-order valence-electron chi connectivity index (χ4n) is 1.28. The van der Waals surface area contributed by atoms with Crippen molar-refractivity contribution in [3.63, 3.8) is 0 Å². The van der Waals surface area contributed by atoms with Crippen LogP contribution in [-0.4, -0.2) is 19.2 Å². The van der Waals surface area contributed by atoms with E-state index >= 15 is 0 Å². The summed E-state index contributed by atoms with van der Waals surface area (Å²) in [5, 5.41) is 0.